The summed E-state index contributed by atoms with van der Waals surface area (Å²) in [6.07, 6.45) is 2.37. The van der Waals surface area contributed by atoms with Crippen molar-refractivity contribution in [3.05, 3.63) is 35.9 Å². The second-order valence-electron chi connectivity index (χ2n) is 5.20. The Balaban J connectivity index is 1.83. The van der Waals surface area contributed by atoms with Gasteiger partial charge in [-0.15, -0.1) is 0 Å². The molecule has 1 aromatic carbocycles. The van der Waals surface area contributed by atoms with E-state index < -0.39 is 6.10 Å². The number of nitrogens with two attached hydrogens (primary N) is 1. The number of nitrogens with one attached hydrogen (secondary N) is 1. The lowest BCUT2D eigenvalue weighted by atomic mass is 9.95. The van der Waals surface area contributed by atoms with Crippen molar-refractivity contribution in [3.8, 4) is 0 Å². The summed E-state index contributed by atoms with van der Waals surface area (Å²) < 4.78 is 0. The molecule has 1 fully saturated rings. The van der Waals surface area contributed by atoms with Crippen molar-refractivity contribution in [1.82, 2.24) is 5.32 Å². The Morgan fingerprint density at radius 1 is 1.37 bits per heavy atom. The SMILES string of the molecule is NC[C@H]1CCC[C@H]1C(=O)NCC(O)c1ccccc1. The van der Waals surface area contributed by atoms with Gasteiger partial charge in [0.1, 0.15) is 0 Å². The lowest BCUT2D eigenvalue weighted by Crippen LogP contribution is -2.37. The van der Waals surface area contributed by atoms with Crippen LogP contribution in [0.2, 0.25) is 0 Å². The Hall–Kier alpha value is -1.39. The zero-order valence-electron chi connectivity index (χ0n) is 11.1. The van der Waals surface area contributed by atoms with Crippen molar-refractivity contribution in [2.24, 2.45) is 17.6 Å². The molecule has 104 valence electrons. The van der Waals surface area contributed by atoms with E-state index >= 15 is 0 Å². The van der Waals surface area contributed by atoms with Crippen LogP contribution in [0.15, 0.2) is 30.3 Å². The maximum atomic E-state index is 12.1. The summed E-state index contributed by atoms with van der Waals surface area (Å²) in [5, 5.41) is 12.8. The van der Waals surface area contributed by atoms with Crippen LogP contribution in [0.4, 0.5) is 0 Å². The highest BCUT2D eigenvalue weighted by molar-refractivity contribution is 5.79. The lowest BCUT2D eigenvalue weighted by molar-refractivity contribution is -0.126. The summed E-state index contributed by atoms with van der Waals surface area (Å²) >= 11 is 0. The van der Waals surface area contributed by atoms with Crippen molar-refractivity contribution in [2.45, 2.75) is 25.4 Å². The minimum absolute atomic E-state index is 0.0213. The van der Waals surface area contributed by atoms with Gasteiger partial charge in [0.05, 0.1) is 6.10 Å². The van der Waals surface area contributed by atoms with Crippen LogP contribution in [0.5, 0.6) is 0 Å². The average molecular weight is 262 g/mol. The quantitative estimate of drug-likeness (QED) is 0.746. The lowest BCUT2D eigenvalue weighted by Gasteiger charge is -2.19. The molecule has 0 aliphatic heterocycles. The molecule has 1 saturated carbocycles. The van der Waals surface area contributed by atoms with E-state index in [1.165, 1.54) is 0 Å². The zero-order chi connectivity index (χ0) is 13.7. The van der Waals surface area contributed by atoms with E-state index in [2.05, 4.69) is 5.32 Å². The molecule has 0 heterocycles. The molecular weight excluding hydrogens is 240 g/mol. The predicted octanol–water partition coefficient (Wildman–Crippen LogP) is 1.21. The molecule has 0 aromatic heterocycles. The first-order chi connectivity index (χ1) is 9.22. The second kappa shape index (κ2) is 6.68. The highest BCUT2D eigenvalue weighted by atomic mass is 16.3. The van der Waals surface area contributed by atoms with Crippen LogP contribution in [-0.2, 0) is 4.79 Å². The maximum Gasteiger partial charge on any atom is 0.223 e. The van der Waals surface area contributed by atoms with Gasteiger partial charge in [0.15, 0.2) is 0 Å². The number of carbonyl (C=O) groups is 1. The second-order valence-corrected chi connectivity index (χ2v) is 5.20. The molecule has 0 bridgehead atoms. The minimum atomic E-state index is -0.650. The van der Waals surface area contributed by atoms with Crippen molar-refractivity contribution in [3.63, 3.8) is 0 Å². The predicted molar refractivity (Wildman–Crippen MR) is 74.3 cm³/mol. The van der Waals surface area contributed by atoms with Gasteiger partial charge in [0, 0.05) is 12.5 Å². The molecule has 2 rings (SSSR count). The molecule has 1 aromatic rings. The minimum Gasteiger partial charge on any atom is -0.387 e. The third kappa shape index (κ3) is 3.55. The molecule has 1 aliphatic rings. The van der Waals surface area contributed by atoms with Crippen LogP contribution in [-0.4, -0.2) is 24.1 Å². The number of amides is 1. The Labute approximate surface area is 114 Å². The van der Waals surface area contributed by atoms with E-state index in [4.69, 9.17) is 5.73 Å². The van der Waals surface area contributed by atoms with Crippen LogP contribution in [0.1, 0.15) is 30.9 Å². The highest BCUT2D eigenvalue weighted by Gasteiger charge is 2.31. The van der Waals surface area contributed by atoms with Crippen molar-refractivity contribution in [1.29, 1.82) is 0 Å². The molecule has 1 amide bonds. The van der Waals surface area contributed by atoms with Gasteiger partial charge in [-0.05, 0) is 30.9 Å². The third-order valence-electron chi connectivity index (χ3n) is 3.95. The third-order valence-corrected chi connectivity index (χ3v) is 3.95. The van der Waals surface area contributed by atoms with E-state index in [9.17, 15) is 9.90 Å². The van der Waals surface area contributed by atoms with Crippen LogP contribution in [0.25, 0.3) is 0 Å². The Morgan fingerprint density at radius 2 is 2.11 bits per heavy atom. The number of carbonyl (C=O) groups excluding carboxylic acids is 1. The first kappa shape index (κ1) is 14.0. The molecule has 0 saturated heterocycles. The molecule has 4 heteroatoms. The summed E-state index contributed by atoms with van der Waals surface area (Å²) in [6, 6.07) is 9.37. The van der Waals surface area contributed by atoms with Crippen LogP contribution in [0, 0.1) is 11.8 Å². The van der Waals surface area contributed by atoms with Crippen LogP contribution < -0.4 is 11.1 Å². The summed E-state index contributed by atoms with van der Waals surface area (Å²) in [5.41, 5.74) is 6.50. The highest BCUT2D eigenvalue weighted by Crippen LogP contribution is 2.31. The zero-order valence-corrected chi connectivity index (χ0v) is 11.1. The first-order valence-electron chi connectivity index (χ1n) is 6.93. The molecule has 4 N–H and O–H groups in total. The fourth-order valence-electron chi connectivity index (χ4n) is 2.79. The summed E-state index contributed by atoms with van der Waals surface area (Å²) in [6.45, 7) is 0.829. The van der Waals surface area contributed by atoms with E-state index in [0.717, 1.165) is 24.8 Å². The first-order valence-corrected chi connectivity index (χ1v) is 6.93. The smallest absolute Gasteiger partial charge is 0.223 e. The topological polar surface area (TPSA) is 75.4 Å². The van der Waals surface area contributed by atoms with Crippen LogP contribution >= 0.6 is 0 Å². The molecule has 0 radical (unpaired) electrons. The monoisotopic (exact) mass is 262 g/mol. The van der Waals surface area contributed by atoms with Gasteiger partial charge in [0.2, 0.25) is 5.91 Å². The van der Waals surface area contributed by atoms with Crippen molar-refractivity contribution >= 4 is 5.91 Å². The fourth-order valence-corrected chi connectivity index (χ4v) is 2.79. The number of aliphatic hydroxyl groups excluding tert-OH is 1. The summed E-state index contributed by atoms with van der Waals surface area (Å²) in [4.78, 5) is 12.1. The van der Waals surface area contributed by atoms with Gasteiger partial charge in [-0.3, -0.25) is 4.79 Å². The van der Waals surface area contributed by atoms with Crippen molar-refractivity contribution < 1.29 is 9.90 Å². The standard InChI is InChI=1S/C15H22N2O2/c16-9-12-7-4-8-13(12)15(19)17-10-14(18)11-5-2-1-3-6-11/h1-3,5-6,12-14,18H,4,7-10,16H2,(H,17,19)/t12-,13-,14?/m1/s1. The largest absolute Gasteiger partial charge is 0.387 e. The van der Waals surface area contributed by atoms with Gasteiger partial charge in [-0.25, -0.2) is 0 Å². The normalized spacial score (nSPS) is 24.1. The van der Waals surface area contributed by atoms with E-state index in [1.807, 2.05) is 30.3 Å². The van der Waals surface area contributed by atoms with Crippen molar-refractivity contribution in [2.75, 3.05) is 13.1 Å². The molecule has 19 heavy (non-hydrogen) atoms. The average Bonchev–Trinajstić information content (AvgIpc) is 2.93. The number of hydrogen-bond acceptors (Lipinski definition) is 3. The molecule has 0 spiro atoms. The van der Waals surface area contributed by atoms with E-state index in [1.54, 1.807) is 0 Å². The Kier molecular flexibility index (Phi) is 4.93. The van der Waals surface area contributed by atoms with E-state index in [-0.39, 0.29) is 18.4 Å². The molecule has 1 aliphatic carbocycles. The van der Waals surface area contributed by atoms with Crippen LogP contribution in [0.3, 0.4) is 0 Å². The molecular formula is C15H22N2O2. The van der Waals surface area contributed by atoms with Gasteiger partial charge < -0.3 is 16.2 Å². The van der Waals surface area contributed by atoms with Gasteiger partial charge >= 0.3 is 0 Å². The number of hydrogen-bond donors (Lipinski definition) is 3. The number of benzene rings is 1. The number of rotatable bonds is 5. The molecule has 1 unspecified atom stereocenters. The Morgan fingerprint density at radius 3 is 2.79 bits per heavy atom. The maximum absolute atomic E-state index is 12.1. The van der Waals surface area contributed by atoms with Gasteiger partial charge in [0.25, 0.3) is 0 Å². The van der Waals surface area contributed by atoms with Gasteiger partial charge in [-0.1, -0.05) is 36.8 Å². The summed E-state index contributed by atoms with van der Waals surface area (Å²) in [7, 11) is 0. The Bertz CT molecular complexity index is 408. The molecule has 3 atom stereocenters. The summed E-state index contributed by atoms with van der Waals surface area (Å²) in [5.74, 6) is 0.352. The van der Waals surface area contributed by atoms with E-state index in [0.29, 0.717) is 12.5 Å². The molecule has 4 nitrogen and oxygen atoms in total. The fraction of sp³-hybridized carbons (Fsp3) is 0.533. The number of aliphatic hydroxyl groups is 1. The van der Waals surface area contributed by atoms with Gasteiger partial charge in [-0.2, -0.15) is 0 Å².